The minimum Gasteiger partial charge on any atom is -0.327 e. The molecule has 6 heteroatoms. The smallest absolute Gasteiger partial charge is 0.276 e. The van der Waals surface area contributed by atoms with Crippen molar-refractivity contribution in [3.8, 4) is 0 Å². The van der Waals surface area contributed by atoms with Crippen molar-refractivity contribution < 1.29 is 8.42 Å². The standard InChI is InChI=1S/C7H19N3O2S/c1-6(2)4-9-13(11,12)10-5-7(3)8/h6-7,9-10H,4-5,8H2,1-3H3. The van der Waals surface area contributed by atoms with Gasteiger partial charge >= 0.3 is 0 Å². The maximum atomic E-state index is 11.2. The molecular weight excluding hydrogens is 190 g/mol. The molecule has 0 spiro atoms. The zero-order chi connectivity index (χ0) is 10.5. The van der Waals surface area contributed by atoms with Crippen molar-refractivity contribution in [1.29, 1.82) is 0 Å². The van der Waals surface area contributed by atoms with E-state index < -0.39 is 10.2 Å². The van der Waals surface area contributed by atoms with Gasteiger partial charge in [-0.25, -0.2) is 9.44 Å². The first-order valence-corrected chi connectivity index (χ1v) is 5.81. The van der Waals surface area contributed by atoms with Crippen LogP contribution in [0.3, 0.4) is 0 Å². The summed E-state index contributed by atoms with van der Waals surface area (Å²) >= 11 is 0. The molecule has 13 heavy (non-hydrogen) atoms. The third kappa shape index (κ3) is 8.17. The Balaban J connectivity index is 3.81. The molecule has 5 nitrogen and oxygen atoms in total. The van der Waals surface area contributed by atoms with Gasteiger partial charge in [0.05, 0.1) is 0 Å². The molecule has 0 aliphatic heterocycles. The fourth-order valence-corrected chi connectivity index (χ4v) is 1.71. The Kier molecular flexibility index (Phi) is 5.46. The predicted molar refractivity (Wildman–Crippen MR) is 53.4 cm³/mol. The average molecular weight is 209 g/mol. The lowest BCUT2D eigenvalue weighted by molar-refractivity contribution is 0.542. The van der Waals surface area contributed by atoms with Gasteiger partial charge < -0.3 is 5.73 Å². The maximum Gasteiger partial charge on any atom is 0.276 e. The molecule has 80 valence electrons. The largest absolute Gasteiger partial charge is 0.327 e. The Morgan fingerprint density at radius 2 is 1.62 bits per heavy atom. The quantitative estimate of drug-likeness (QED) is 0.547. The monoisotopic (exact) mass is 209 g/mol. The molecule has 0 heterocycles. The summed E-state index contributed by atoms with van der Waals surface area (Å²) in [5.41, 5.74) is 5.40. The highest BCUT2D eigenvalue weighted by Crippen LogP contribution is 1.88. The zero-order valence-corrected chi connectivity index (χ0v) is 9.19. The number of nitrogens with two attached hydrogens (primary N) is 1. The van der Waals surface area contributed by atoms with E-state index in [4.69, 9.17) is 5.73 Å². The Bertz CT molecular complexity index is 206. The lowest BCUT2D eigenvalue weighted by Gasteiger charge is -2.11. The minimum atomic E-state index is -3.35. The van der Waals surface area contributed by atoms with Gasteiger partial charge in [0.15, 0.2) is 0 Å². The first-order valence-electron chi connectivity index (χ1n) is 4.33. The van der Waals surface area contributed by atoms with Gasteiger partial charge in [0.2, 0.25) is 0 Å². The third-order valence-electron chi connectivity index (χ3n) is 1.28. The molecule has 0 radical (unpaired) electrons. The van der Waals surface area contributed by atoms with Crippen LogP contribution in [0.5, 0.6) is 0 Å². The van der Waals surface area contributed by atoms with Crippen LogP contribution in [0.25, 0.3) is 0 Å². The Labute approximate surface area is 80.3 Å². The molecule has 0 fully saturated rings. The van der Waals surface area contributed by atoms with Crippen molar-refractivity contribution in [1.82, 2.24) is 9.44 Å². The lowest BCUT2D eigenvalue weighted by Crippen LogP contribution is -2.43. The highest BCUT2D eigenvalue weighted by atomic mass is 32.2. The van der Waals surface area contributed by atoms with Crippen molar-refractivity contribution in [2.45, 2.75) is 26.8 Å². The van der Waals surface area contributed by atoms with E-state index in [1.54, 1.807) is 6.92 Å². The van der Waals surface area contributed by atoms with Gasteiger partial charge in [0.25, 0.3) is 10.2 Å². The summed E-state index contributed by atoms with van der Waals surface area (Å²) in [4.78, 5) is 0. The molecule has 0 aromatic heterocycles. The van der Waals surface area contributed by atoms with E-state index >= 15 is 0 Å². The first kappa shape index (κ1) is 12.8. The van der Waals surface area contributed by atoms with E-state index in [1.807, 2.05) is 13.8 Å². The highest BCUT2D eigenvalue weighted by molar-refractivity contribution is 7.87. The van der Waals surface area contributed by atoms with E-state index in [2.05, 4.69) is 9.44 Å². The van der Waals surface area contributed by atoms with Crippen LogP contribution in [-0.4, -0.2) is 27.5 Å². The summed E-state index contributed by atoms with van der Waals surface area (Å²) in [7, 11) is -3.35. The summed E-state index contributed by atoms with van der Waals surface area (Å²) in [5.74, 6) is 0.298. The van der Waals surface area contributed by atoms with Crippen molar-refractivity contribution in [3.63, 3.8) is 0 Å². The topological polar surface area (TPSA) is 84.2 Å². The van der Waals surface area contributed by atoms with Crippen LogP contribution in [0, 0.1) is 5.92 Å². The van der Waals surface area contributed by atoms with Crippen LogP contribution >= 0.6 is 0 Å². The summed E-state index contributed by atoms with van der Waals surface area (Å²) in [6, 6.07) is -0.171. The molecule has 4 N–H and O–H groups in total. The van der Waals surface area contributed by atoms with E-state index in [0.717, 1.165) is 0 Å². The van der Waals surface area contributed by atoms with Crippen LogP contribution in [0.4, 0.5) is 0 Å². The van der Waals surface area contributed by atoms with Crippen LogP contribution in [-0.2, 0) is 10.2 Å². The van der Waals surface area contributed by atoms with Crippen molar-refractivity contribution in [2.24, 2.45) is 11.7 Å². The Morgan fingerprint density at radius 1 is 1.15 bits per heavy atom. The van der Waals surface area contributed by atoms with E-state index in [1.165, 1.54) is 0 Å². The lowest BCUT2D eigenvalue weighted by atomic mass is 10.2. The number of nitrogens with one attached hydrogen (secondary N) is 2. The molecule has 0 saturated heterocycles. The molecule has 0 aliphatic carbocycles. The molecular formula is C7H19N3O2S. The molecule has 0 rings (SSSR count). The number of hydrogen-bond donors (Lipinski definition) is 3. The summed E-state index contributed by atoms with van der Waals surface area (Å²) < 4.78 is 27.1. The van der Waals surface area contributed by atoms with Gasteiger partial charge in [-0.15, -0.1) is 0 Å². The van der Waals surface area contributed by atoms with E-state index in [9.17, 15) is 8.42 Å². The fraction of sp³-hybridized carbons (Fsp3) is 1.00. The summed E-state index contributed by atoms with van der Waals surface area (Å²) in [6.45, 7) is 6.31. The van der Waals surface area contributed by atoms with Gasteiger partial charge in [-0.1, -0.05) is 13.8 Å². The second-order valence-electron chi connectivity index (χ2n) is 3.57. The molecule has 0 saturated carbocycles. The molecule has 0 aromatic carbocycles. The minimum absolute atomic E-state index is 0.171. The van der Waals surface area contributed by atoms with Gasteiger partial charge in [-0.05, 0) is 12.8 Å². The first-order chi connectivity index (χ1) is 5.83. The third-order valence-corrected chi connectivity index (χ3v) is 2.37. The predicted octanol–water partition coefficient (Wildman–Crippen LogP) is -0.586. The van der Waals surface area contributed by atoms with Crippen molar-refractivity contribution in [2.75, 3.05) is 13.1 Å². The van der Waals surface area contributed by atoms with E-state index in [0.29, 0.717) is 12.5 Å². The number of rotatable bonds is 6. The van der Waals surface area contributed by atoms with Gasteiger partial charge in [0, 0.05) is 19.1 Å². The molecule has 1 unspecified atom stereocenters. The number of hydrogen-bond acceptors (Lipinski definition) is 3. The normalized spacial score (nSPS) is 14.8. The van der Waals surface area contributed by atoms with Gasteiger partial charge in [-0.3, -0.25) is 0 Å². The second-order valence-corrected chi connectivity index (χ2v) is 5.16. The van der Waals surface area contributed by atoms with Crippen LogP contribution < -0.4 is 15.2 Å². The highest BCUT2D eigenvalue weighted by Gasteiger charge is 2.09. The molecule has 0 aromatic rings. The summed E-state index contributed by atoms with van der Waals surface area (Å²) in [6.07, 6.45) is 0. The average Bonchev–Trinajstić information content (AvgIpc) is 1.98. The zero-order valence-electron chi connectivity index (χ0n) is 8.37. The second kappa shape index (κ2) is 5.54. The van der Waals surface area contributed by atoms with Gasteiger partial charge in [0.1, 0.15) is 0 Å². The molecule has 0 amide bonds. The summed E-state index contributed by atoms with van der Waals surface area (Å²) in [5, 5.41) is 0. The van der Waals surface area contributed by atoms with E-state index in [-0.39, 0.29) is 12.6 Å². The molecule has 0 aliphatic rings. The van der Waals surface area contributed by atoms with Gasteiger partial charge in [-0.2, -0.15) is 8.42 Å². The Hall–Kier alpha value is -0.170. The van der Waals surface area contributed by atoms with Crippen LogP contribution in [0.15, 0.2) is 0 Å². The molecule has 0 bridgehead atoms. The van der Waals surface area contributed by atoms with Crippen molar-refractivity contribution in [3.05, 3.63) is 0 Å². The Morgan fingerprint density at radius 3 is 2.00 bits per heavy atom. The SMILES string of the molecule is CC(C)CNS(=O)(=O)NCC(C)N. The fourth-order valence-electron chi connectivity index (χ4n) is 0.569. The maximum absolute atomic E-state index is 11.2. The van der Waals surface area contributed by atoms with Crippen LogP contribution in [0.2, 0.25) is 0 Å². The van der Waals surface area contributed by atoms with Crippen LogP contribution in [0.1, 0.15) is 20.8 Å². The molecule has 1 atom stereocenters. The van der Waals surface area contributed by atoms with Crippen molar-refractivity contribution >= 4 is 10.2 Å².